The van der Waals surface area contributed by atoms with Crippen molar-refractivity contribution in [2.24, 2.45) is 0 Å². The molecule has 0 saturated carbocycles. The maximum Gasteiger partial charge on any atom is 0.199 e. The number of aromatic nitrogens is 3. The molecule has 84 valence electrons. The van der Waals surface area contributed by atoms with Gasteiger partial charge in [-0.05, 0) is 47.2 Å². The van der Waals surface area contributed by atoms with Gasteiger partial charge in [-0.1, -0.05) is 23.2 Å². The fourth-order valence-corrected chi connectivity index (χ4v) is 2.48. The number of rotatable bonds is 1. The first-order valence-electron chi connectivity index (χ1n) is 4.30. The van der Waals surface area contributed by atoms with Gasteiger partial charge in [-0.3, -0.25) is 9.67 Å². The van der Waals surface area contributed by atoms with E-state index in [1.807, 2.05) is 19.1 Å². The molecule has 2 rings (SSSR count). The Kier molecular flexibility index (Phi) is 3.39. The first-order chi connectivity index (χ1) is 7.52. The van der Waals surface area contributed by atoms with Crippen LogP contribution in [0.1, 0.15) is 5.82 Å². The molecule has 1 N–H and O–H groups in total. The fourth-order valence-electron chi connectivity index (χ4n) is 1.35. The van der Waals surface area contributed by atoms with E-state index in [1.165, 1.54) is 0 Å². The van der Waals surface area contributed by atoms with Crippen molar-refractivity contribution >= 4 is 51.3 Å². The third-order valence-electron chi connectivity index (χ3n) is 2.10. The molecule has 0 unspecified atom stereocenters. The predicted molar refractivity (Wildman–Crippen MR) is 71.2 cm³/mol. The Balaban J connectivity index is 2.76. The minimum absolute atomic E-state index is 0.441. The lowest BCUT2D eigenvalue weighted by atomic mass is 10.3. The molecule has 0 aliphatic heterocycles. The fraction of sp³-hybridized carbons (Fsp3) is 0.111. The monoisotopic (exact) mass is 337 g/mol. The van der Waals surface area contributed by atoms with Crippen LogP contribution in [0.3, 0.4) is 0 Å². The van der Waals surface area contributed by atoms with Crippen molar-refractivity contribution < 1.29 is 0 Å². The molecule has 0 aliphatic carbocycles. The topological polar surface area (TPSA) is 33.6 Å². The van der Waals surface area contributed by atoms with Gasteiger partial charge in [0.1, 0.15) is 5.82 Å². The molecule has 0 fully saturated rings. The molecule has 0 spiro atoms. The van der Waals surface area contributed by atoms with Gasteiger partial charge >= 0.3 is 0 Å². The molecule has 1 aromatic heterocycles. The molecule has 0 radical (unpaired) electrons. The maximum absolute atomic E-state index is 6.16. The van der Waals surface area contributed by atoms with Crippen molar-refractivity contribution in [2.45, 2.75) is 6.92 Å². The highest BCUT2D eigenvalue weighted by Crippen LogP contribution is 2.35. The quantitative estimate of drug-likeness (QED) is 0.621. The van der Waals surface area contributed by atoms with Crippen molar-refractivity contribution in [3.63, 3.8) is 0 Å². The van der Waals surface area contributed by atoms with Crippen molar-refractivity contribution in [3.05, 3.63) is 37.2 Å². The number of nitrogens with zero attached hydrogens (tertiary/aromatic N) is 2. The lowest BCUT2D eigenvalue weighted by Crippen LogP contribution is -1.98. The van der Waals surface area contributed by atoms with Crippen LogP contribution < -0.4 is 0 Å². The summed E-state index contributed by atoms with van der Waals surface area (Å²) in [5, 5.41) is 7.62. The van der Waals surface area contributed by atoms with Gasteiger partial charge in [0.15, 0.2) is 4.77 Å². The molecule has 0 saturated heterocycles. The second-order valence-corrected chi connectivity index (χ2v) is 5.10. The highest BCUT2D eigenvalue weighted by molar-refractivity contribution is 9.10. The molecule has 7 heteroatoms. The van der Waals surface area contributed by atoms with Crippen LogP contribution in [0.2, 0.25) is 10.0 Å². The average Bonchev–Trinajstić information content (AvgIpc) is 2.57. The number of hydrogen-bond donors (Lipinski definition) is 1. The summed E-state index contributed by atoms with van der Waals surface area (Å²) in [5.41, 5.74) is 0.714. The van der Waals surface area contributed by atoms with Crippen LogP contribution in [-0.4, -0.2) is 14.8 Å². The van der Waals surface area contributed by atoms with Crippen molar-refractivity contribution in [1.82, 2.24) is 14.8 Å². The van der Waals surface area contributed by atoms with E-state index in [9.17, 15) is 0 Å². The van der Waals surface area contributed by atoms with Crippen LogP contribution in [0.15, 0.2) is 16.6 Å². The van der Waals surface area contributed by atoms with Gasteiger partial charge in [-0.25, -0.2) is 0 Å². The van der Waals surface area contributed by atoms with Gasteiger partial charge in [0, 0.05) is 4.47 Å². The zero-order valence-corrected chi connectivity index (χ0v) is 12.0. The van der Waals surface area contributed by atoms with Gasteiger partial charge in [0.25, 0.3) is 0 Å². The molecule has 1 aromatic carbocycles. The summed E-state index contributed by atoms with van der Waals surface area (Å²) in [6, 6.07) is 3.65. The van der Waals surface area contributed by atoms with Crippen LogP contribution in [0.5, 0.6) is 0 Å². The summed E-state index contributed by atoms with van der Waals surface area (Å²) < 4.78 is 2.96. The summed E-state index contributed by atoms with van der Waals surface area (Å²) in [5.74, 6) is 0.727. The Labute approximate surface area is 116 Å². The number of aromatic amines is 1. The highest BCUT2D eigenvalue weighted by atomic mass is 79.9. The van der Waals surface area contributed by atoms with Crippen molar-refractivity contribution in [1.29, 1.82) is 0 Å². The maximum atomic E-state index is 6.16. The zero-order chi connectivity index (χ0) is 11.9. The lowest BCUT2D eigenvalue weighted by Gasteiger charge is -2.08. The van der Waals surface area contributed by atoms with Gasteiger partial charge in [-0.15, -0.1) is 0 Å². The van der Waals surface area contributed by atoms with E-state index in [1.54, 1.807) is 4.57 Å². The Morgan fingerprint density at radius 2 is 2.06 bits per heavy atom. The smallest absolute Gasteiger partial charge is 0.199 e. The van der Waals surface area contributed by atoms with E-state index >= 15 is 0 Å². The Morgan fingerprint density at radius 1 is 1.38 bits per heavy atom. The molecule has 0 bridgehead atoms. The van der Waals surface area contributed by atoms with E-state index in [-0.39, 0.29) is 0 Å². The van der Waals surface area contributed by atoms with Gasteiger partial charge in [-0.2, -0.15) is 5.10 Å². The van der Waals surface area contributed by atoms with Crippen LogP contribution >= 0.6 is 51.3 Å². The Hall–Kier alpha value is -0.360. The van der Waals surface area contributed by atoms with E-state index in [0.29, 0.717) is 20.5 Å². The Morgan fingerprint density at radius 3 is 2.62 bits per heavy atom. The molecule has 0 atom stereocenters. The molecule has 0 aliphatic rings. The molecule has 1 heterocycles. The third kappa shape index (κ3) is 1.93. The van der Waals surface area contributed by atoms with Gasteiger partial charge < -0.3 is 0 Å². The predicted octanol–water partition coefficient (Wildman–Crippen LogP) is 4.31. The van der Waals surface area contributed by atoms with Gasteiger partial charge in [0.05, 0.1) is 15.7 Å². The normalized spacial score (nSPS) is 10.8. The third-order valence-corrected chi connectivity index (χ3v) is 4.13. The van der Waals surface area contributed by atoms with Crippen LogP contribution in [-0.2, 0) is 0 Å². The number of halogens is 3. The summed E-state index contributed by atoms with van der Waals surface area (Å²) in [7, 11) is 0. The van der Waals surface area contributed by atoms with E-state index in [4.69, 9.17) is 35.4 Å². The molecular weight excluding hydrogens is 333 g/mol. The Bertz CT molecular complexity index is 605. The highest BCUT2D eigenvalue weighted by Gasteiger charge is 2.12. The SMILES string of the molecule is Cc1n[nH]c(=S)n1-c1ccc(Br)c(Cl)c1Cl. The first kappa shape index (κ1) is 12.1. The first-order valence-corrected chi connectivity index (χ1v) is 6.26. The number of hydrogen-bond acceptors (Lipinski definition) is 2. The largest absolute Gasteiger partial charge is 0.271 e. The standard InChI is InChI=1S/C9H6BrCl2N3S/c1-4-13-14-9(16)15(4)6-3-2-5(10)7(11)8(6)12/h2-3H,1H3,(H,14,16). The summed E-state index contributed by atoms with van der Waals surface area (Å²) >= 11 is 20.6. The van der Waals surface area contributed by atoms with E-state index < -0.39 is 0 Å². The lowest BCUT2D eigenvalue weighted by molar-refractivity contribution is 0.963. The number of benzene rings is 1. The summed E-state index contributed by atoms with van der Waals surface area (Å²) in [4.78, 5) is 0. The number of aryl methyl sites for hydroxylation is 1. The molecular formula is C9H6BrCl2N3S. The minimum atomic E-state index is 0.441. The van der Waals surface area contributed by atoms with E-state index in [0.717, 1.165) is 10.3 Å². The van der Waals surface area contributed by atoms with Crippen molar-refractivity contribution in [3.8, 4) is 5.69 Å². The average molecular weight is 339 g/mol. The van der Waals surface area contributed by atoms with Crippen LogP contribution in [0.4, 0.5) is 0 Å². The number of nitrogens with one attached hydrogen (secondary N) is 1. The van der Waals surface area contributed by atoms with Crippen molar-refractivity contribution in [2.75, 3.05) is 0 Å². The summed E-state index contributed by atoms with van der Waals surface area (Å²) in [6.07, 6.45) is 0. The van der Waals surface area contributed by atoms with Gasteiger partial charge in [0.2, 0.25) is 0 Å². The molecule has 16 heavy (non-hydrogen) atoms. The zero-order valence-electron chi connectivity index (χ0n) is 8.09. The molecule has 2 aromatic rings. The number of H-pyrrole nitrogens is 1. The summed E-state index contributed by atoms with van der Waals surface area (Å²) in [6.45, 7) is 1.83. The second-order valence-electron chi connectivity index (χ2n) is 3.11. The molecule has 3 nitrogen and oxygen atoms in total. The minimum Gasteiger partial charge on any atom is -0.271 e. The second kappa shape index (κ2) is 4.49. The van der Waals surface area contributed by atoms with Crippen LogP contribution in [0, 0.1) is 11.7 Å². The van der Waals surface area contributed by atoms with Crippen LogP contribution in [0.25, 0.3) is 5.69 Å². The van der Waals surface area contributed by atoms with E-state index in [2.05, 4.69) is 26.1 Å². The molecule has 0 amide bonds.